The molecule has 1 unspecified atom stereocenters. The predicted octanol–water partition coefficient (Wildman–Crippen LogP) is 5.16. The van der Waals surface area contributed by atoms with Gasteiger partial charge in [0, 0.05) is 43.4 Å². The molecular weight excluding hydrogens is 492 g/mol. The van der Waals surface area contributed by atoms with Gasteiger partial charge in [0.25, 0.3) is 5.92 Å². The molecule has 0 radical (unpaired) electrons. The number of rotatable bonds is 7. The maximum absolute atomic E-state index is 14.8. The third-order valence-corrected chi connectivity index (χ3v) is 7.39. The van der Waals surface area contributed by atoms with E-state index < -0.39 is 40.6 Å². The minimum atomic E-state index is -3.14. The Morgan fingerprint density at radius 3 is 2.57 bits per heavy atom. The quantitative estimate of drug-likeness (QED) is 0.404. The second kappa shape index (κ2) is 9.04. The highest BCUT2D eigenvalue weighted by molar-refractivity contribution is 5.48. The first-order valence-electron chi connectivity index (χ1n) is 12.3. The van der Waals surface area contributed by atoms with Crippen LogP contribution in [0.3, 0.4) is 0 Å². The topological polar surface area (TPSA) is 69.5 Å². The third kappa shape index (κ3) is 4.30. The molecule has 0 spiro atoms. The summed E-state index contributed by atoms with van der Waals surface area (Å²) < 4.78 is 71.3. The molecule has 3 aromatic rings. The summed E-state index contributed by atoms with van der Waals surface area (Å²) in [5.74, 6) is -6.04. The molecule has 4 heterocycles. The molecule has 1 atom stereocenters. The van der Waals surface area contributed by atoms with E-state index in [2.05, 4.69) is 14.9 Å². The van der Waals surface area contributed by atoms with Crippen molar-refractivity contribution in [1.29, 1.82) is 0 Å². The van der Waals surface area contributed by atoms with Crippen LogP contribution in [0.1, 0.15) is 43.4 Å². The molecule has 1 saturated carbocycles. The molecule has 1 saturated heterocycles. The highest BCUT2D eigenvalue weighted by Gasteiger charge is 2.45. The molecule has 1 aromatic carbocycles. The normalized spacial score (nSPS) is 18.9. The second-order valence-corrected chi connectivity index (χ2v) is 9.74. The average molecular weight is 516 g/mol. The van der Waals surface area contributed by atoms with E-state index >= 15 is 0 Å². The Morgan fingerprint density at radius 1 is 1.05 bits per heavy atom. The molecular formula is C26H24F4N4O3. The maximum atomic E-state index is 14.8. The van der Waals surface area contributed by atoms with Gasteiger partial charge in [0.1, 0.15) is 23.9 Å². The Kier molecular flexibility index (Phi) is 5.80. The van der Waals surface area contributed by atoms with Crippen LogP contribution in [-0.2, 0) is 19.1 Å². The molecule has 2 aliphatic heterocycles. The fourth-order valence-electron chi connectivity index (χ4n) is 5.20. The lowest BCUT2D eigenvalue weighted by molar-refractivity contribution is -0.0978. The highest BCUT2D eigenvalue weighted by atomic mass is 19.3. The lowest BCUT2D eigenvalue weighted by Crippen LogP contribution is -2.31. The van der Waals surface area contributed by atoms with Gasteiger partial charge in [-0.15, -0.1) is 0 Å². The second-order valence-electron chi connectivity index (χ2n) is 9.74. The molecule has 0 amide bonds. The Morgan fingerprint density at radius 2 is 1.84 bits per heavy atom. The van der Waals surface area contributed by atoms with Gasteiger partial charge in [-0.05, 0) is 49.4 Å². The summed E-state index contributed by atoms with van der Waals surface area (Å²) in [6.45, 7) is 1.21. The first-order valence-corrected chi connectivity index (χ1v) is 12.3. The fraction of sp³-hybridized carbons (Fsp3) is 0.423. The number of nitrogens with zero attached hydrogens (tertiary/aromatic N) is 4. The van der Waals surface area contributed by atoms with Crippen LogP contribution in [0.25, 0.3) is 0 Å². The van der Waals surface area contributed by atoms with Crippen LogP contribution in [-0.4, -0.2) is 27.1 Å². The Balaban J connectivity index is 1.17. The third-order valence-electron chi connectivity index (χ3n) is 7.39. The first kappa shape index (κ1) is 23.7. The van der Waals surface area contributed by atoms with Crippen molar-refractivity contribution in [2.24, 2.45) is 5.92 Å². The van der Waals surface area contributed by atoms with Gasteiger partial charge in [0.2, 0.25) is 5.88 Å². The summed E-state index contributed by atoms with van der Waals surface area (Å²) in [7, 11) is 0. The maximum Gasteiger partial charge on any atom is 0.352 e. The monoisotopic (exact) mass is 516 g/mol. The largest absolute Gasteiger partial charge is 0.473 e. The number of fused-ring (bicyclic) bond motifs is 3. The number of alkyl halides is 2. The standard InChI is InChI=1S/C26H24F4N4O3/c27-19-9-15(14-36-22-12-23-33-8-2-5-17(33)13-34(23)25(35)32-22)10-20(28)24(19)37-18-6-7-31-21(11-18)26(29,30)16-3-1-4-16/h6-7,9-12,16-17H,1-5,8,13-14H2. The lowest BCUT2D eigenvalue weighted by atomic mass is 9.79. The van der Waals surface area contributed by atoms with Crippen LogP contribution in [0, 0.1) is 17.6 Å². The Hall–Kier alpha value is -3.63. The Bertz CT molecular complexity index is 1390. The summed E-state index contributed by atoms with van der Waals surface area (Å²) >= 11 is 0. The molecule has 1 aliphatic carbocycles. The van der Waals surface area contributed by atoms with Gasteiger partial charge >= 0.3 is 5.69 Å². The van der Waals surface area contributed by atoms with Crippen molar-refractivity contribution in [2.75, 3.05) is 11.4 Å². The first-order chi connectivity index (χ1) is 17.8. The van der Waals surface area contributed by atoms with Crippen molar-refractivity contribution in [3.05, 3.63) is 69.9 Å². The molecule has 0 N–H and O–H groups in total. The van der Waals surface area contributed by atoms with Crippen molar-refractivity contribution in [1.82, 2.24) is 14.5 Å². The number of hydrogen-bond acceptors (Lipinski definition) is 6. The van der Waals surface area contributed by atoms with Crippen LogP contribution in [0.4, 0.5) is 23.4 Å². The molecule has 0 bridgehead atoms. The minimum absolute atomic E-state index is 0.0710. The Labute approximate surface area is 209 Å². The molecule has 6 rings (SSSR count). The van der Waals surface area contributed by atoms with E-state index in [1.807, 2.05) is 0 Å². The van der Waals surface area contributed by atoms with Crippen molar-refractivity contribution < 1.29 is 27.0 Å². The SMILES string of the molecule is O=c1nc(OCc2cc(F)c(Oc3ccnc(C(F)(F)C4CCC4)c3)c(F)c2)cc2n1CC1CCCN21. The van der Waals surface area contributed by atoms with Crippen LogP contribution in [0.5, 0.6) is 17.4 Å². The van der Waals surface area contributed by atoms with E-state index in [0.29, 0.717) is 19.4 Å². The number of halogens is 4. The number of ether oxygens (including phenoxy) is 2. The van der Waals surface area contributed by atoms with Gasteiger partial charge in [0.05, 0.1) is 0 Å². The van der Waals surface area contributed by atoms with E-state index in [0.717, 1.165) is 56.0 Å². The summed E-state index contributed by atoms with van der Waals surface area (Å²) in [6.07, 6.45) is 4.73. The molecule has 194 valence electrons. The fourth-order valence-corrected chi connectivity index (χ4v) is 5.20. The number of anilines is 1. The number of aromatic nitrogens is 3. The minimum Gasteiger partial charge on any atom is -0.473 e. The predicted molar refractivity (Wildman–Crippen MR) is 125 cm³/mol. The summed E-state index contributed by atoms with van der Waals surface area (Å²) in [4.78, 5) is 22.2. The number of benzene rings is 1. The van der Waals surface area contributed by atoms with E-state index in [1.54, 1.807) is 10.6 Å². The zero-order valence-electron chi connectivity index (χ0n) is 19.8. The van der Waals surface area contributed by atoms with Gasteiger partial charge < -0.3 is 14.4 Å². The van der Waals surface area contributed by atoms with Gasteiger partial charge in [-0.25, -0.2) is 13.6 Å². The van der Waals surface area contributed by atoms with Crippen LogP contribution >= 0.6 is 0 Å². The van der Waals surface area contributed by atoms with Gasteiger partial charge in [-0.2, -0.15) is 13.8 Å². The van der Waals surface area contributed by atoms with E-state index in [-0.39, 0.29) is 29.8 Å². The summed E-state index contributed by atoms with van der Waals surface area (Å²) in [5.41, 5.74) is -0.767. The average Bonchev–Trinajstić information content (AvgIpc) is 3.41. The molecule has 2 fully saturated rings. The molecule has 11 heteroatoms. The molecule has 3 aliphatic rings. The van der Waals surface area contributed by atoms with Gasteiger partial charge in [0.15, 0.2) is 17.4 Å². The summed E-state index contributed by atoms with van der Waals surface area (Å²) in [5, 5.41) is 0. The lowest BCUT2D eigenvalue weighted by Gasteiger charge is -2.32. The van der Waals surface area contributed by atoms with E-state index in [4.69, 9.17) is 9.47 Å². The van der Waals surface area contributed by atoms with Crippen LogP contribution in [0.2, 0.25) is 0 Å². The van der Waals surface area contributed by atoms with E-state index in [1.165, 1.54) is 6.07 Å². The van der Waals surface area contributed by atoms with Crippen molar-refractivity contribution in [3.63, 3.8) is 0 Å². The summed E-state index contributed by atoms with van der Waals surface area (Å²) in [6, 6.07) is 6.27. The highest BCUT2D eigenvalue weighted by Crippen LogP contribution is 2.46. The smallest absolute Gasteiger partial charge is 0.352 e. The van der Waals surface area contributed by atoms with Crippen LogP contribution < -0.4 is 20.1 Å². The van der Waals surface area contributed by atoms with Crippen molar-refractivity contribution in [3.8, 4) is 17.4 Å². The number of hydrogen-bond donors (Lipinski definition) is 0. The van der Waals surface area contributed by atoms with Gasteiger partial charge in [-0.3, -0.25) is 9.55 Å². The van der Waals surface area contributed by atoms with E-state index in [9.17, 15) is 22.4 Å². The van der Waals surface area contributed by atoms with Crippen molar-refractivity contribution in [2.45, 2.75) is 57.2 Å². The molecule has 2 aromatic heterocycles. The zero-order chi connectivity index (χ0) is 25.7. The van der Waals surface area contributed by atoms with Crippen molar-refractivity contribution >= 4 is 5.82 Å². The molecule has 7 nitrogen and oxygen atoms in total. The van der Waals surface area contributed by atoms with Crippen LogP contribution in [0.15, 0.2) is 41.3 Å². The zero-order valence-corrected chi connectivity index (χ0v) is 19.8. The molecule has 37 heavy (non-hydrogen) atoms. The van der Waals surface area contributed by atoms with Gasteiger partial charge in [-0.1, -0.05) is 6.42 Å². The number of pyridine rings is 1.